The fourth-order valence-corrected chi connectivity index (χ4v) is 12.8. The van der Waals surface area contributed by atoms with Crippen molar-refractivity contribution in [3.05, 3.63) is 11.1 Å². The third-order valence-corrected chi connectivity index (χ3v) is 15.4. The van der Waals surface area contributed by atoms with Crippen molar-refractivity contribution in [1.82, 2.24) is 9.80 Å². The molecular formula is C38H62N2O3. The van der Waals surface area contributed by atoms with Crippen LogP contribution in [0.15, 0.2) is 11.1 Å². The third kappa shape index (κ3) is 4.58. The van der Waals surface area contributed by atoms with Gasteiger partial charge in [-0.3, -0.25) is 14.5 Å². The van der Waals surface area contributed by atoms with Crippen molar-refractivity contribution in [2.24, 2.45) is 50.7 Å². The van der Waals surface area contributed by atoms with Crippen LogP contribution in [0.1, 0.15) is 120 Å². The molecule has 0 radical (unpaired) electrons. The third-order valence-electron chi connectivity index (χ3n) is 15.4. The summed E-state index contributed by atoms with van der Waals surface area (Å²) in [7, 11) is 2.20. The van der Waals surface area contributed by atoms with Gasteiger partial charge < -0.3 is 9.64 Å². The van der Waals surface area contributed by atoms with Crippen LogP contribution >= 0.6 is 0 Å². The highest BCUT2D eigenvalue weighted by atomic mass is 16.5. The van der Waals surface area contributed by atoms with E-state index in [0.29, 0.717) is 36.0 Å². The lowest BCUT2D eigenvalue weighted by molar-refractivity contribution is -0.232. The number of carbonyl (C=O) groups excluding carboxylic acids is 2. The monoisotopic (exact) mass is 594 g/mol. The SMILES string of the molecule is CC(=O)O[C@H]1CC[C@@]2(C)C(CC[C@]3(C)[C@@H]2CC[C@@H]2C4=C(C(C)C)CC[C@]4(C(=O)CN4CCN(C)CC4)CC[C@]23C)C1(C)C. The van der Waals surface area contributed by atoms with Crippen molar-refractivity contribution >= 4 is 11.8 Å². The highest BCUT2D eigenvalue weighted by molar-refractivity contribution is 5.91. The second-order valence-electron chi connectivity index (χ2n) is 17.8. The average molecular weight is 595 g/mol. The number of allylic oxidation sites excluding steroid dienone is 2. The molecule has 0 aromatic carbocycles. The molecule has 1 unspecified atom stereocenters. The second kappa shape index (κ2) is 10.7. The predicted molar refractivity (Wildman–Crippen MR) is 174 cm³/mol. The Labute approximate surface area is 262 Å². The molecule has 0 spiro atoms. The summed E-state index contributed by atoms with van der Waals surface area (Å²) >= 11 is 0. The van der Waals surface area contributed by atoms with E-state index in [1.54, 1.807) is 18.1 Å². The molecule has 0 N–H and O–H groups in total. The molecule has 1 saturated heterocycles. The molecule has 242 valence electrons. The molecule has 1 aliphatic heterocycles. The fraction of sp³-hybridized carbons (Fsp3) is 0.895. The summed E-state index contributed by atoms with van der Waals surface area (Å²) in [6, 6.07) is 0. The Morgan fingerprint density at radius 1 is 0.837 bits per heavy atom. The minimum Gasteiger partial charge on any atom is -0.462 e. The minimum absolute atomic E-state index is 0.00601. The molecule has 0 aromatic rings. The van der Waals surface area contributed by atoms with Crippen LogP contribution in [0, 0.1) is 50.7 Å². The molecule has 0 bridgehead atoms. The average Bonchev–Trinajstić information content (AvgIpc) is 3.33. The lowest BCUT2D eigenvalue weighted by atomic mass is 9.33. The number of hydrogen-bond acceptors (Lipinski definition) is 5. The molecule has 0 amide bonds. The fourth-order valence-electron chi connectivity index (χ4n) is 12.8. The van der Waals surface area contributed by atoms with Crippen molar-refractivity contribution in [2.75, 3.05) is 39.8 Å². The van der Waals surface area contributed by atoms with Gasteiger partial charge >= 0.3 is 5.97 Å². The van der Waals surface area contributed by atoms with Crippen molar-refractivity contribution < 1.29 is 14.3 Å². The van der Waals surface area contributed by atoms with Gasteiger partial charge in [0.05, 0.1) is 12.0 Å². The van der Waals surface area contributed by atoms with Gasteiger partial charge in [0, 0.05) is 38.5 Å². The number of hydrogen-bond donors (Lipinski definition) is 0. The summed E-state index contributed by atoms with van der Waals surface area (Å²) in [4.78, 5) is 31.4. The zero-order chi connectivity index (χ0) is 31.2. The van der Waals surface area contributed by atoms with Crippen molar-refractivity contribution in [1.29, 1.82) is 0 Å². The van der Waals surface area contributed by atoms with E-state index in [2.05, 4.69) is 65.3 Å². The van der Waals surface area contributed by atoms with Gasteiger partial charge in [-0.25, -0.2) is 0 Å². The number of likely N-dealkylation sites (N-methyl/N-ethyl adjacent to an activating group) is 1. The number of ketones is 1. The molecule has 5 fully saturated rings. The number of Topliss-reactive ketones (excluding diaryl/α,β-unsaturated/α-hetero) is 1. The number of nitrogens with zero attached hydrogens (tertiary/aromatic N) is 2. The smallest absolute Gasteiger partial charge is 0.302 e. The first-order chi connectivity index (χ1) is 20.1. The van der Waals surface area contributed by atoms with E-state index in [4.69, 9.17) is 4.74 Å². The quantitative estimate of drug-likeness (QED) is 0.243. The van der Waals surface area contributed by atoms with E-state index in [1.807, 2.05) is 0 Å². The van der Waals surface area contributed by atoms with Crippen molar-refractivity contribution in [2.45, 2.75) is 126 Å². The van der Waals surface area contributed by atoms with E-state index >= 15 is 0 Å². The van der Waals surface area contributed by atoms with Crippen LogP contribution in [-0.4, -0.2) is 67.4 Å². The topological polar surface area (TPSA) is 49.9 Å². The van der Waals surface area contributed by atoms with Crippen molar-refractivity contribution in [3.63, 3.8) is 0 Å². The Morgan fingerprint density at radius 3 is 2.19 bits per heavy atom. The van der Waals surface area contributed by atoms with Crippen LogP contribution in [0.25, 0.3) is 0 Å². The van der Waals surface area contributed by atoms with Gasteiger partial charge in [-0.05, 0) is 111 Å². The number of esters is 1. The highest BCUT2D eigenvalue weighted by Crippen LogP contribution is 2.77. The molecule has 43 heavy (non-hydrogen) atoms. The zero-order valence-corrected chi connectivity index (χ0v) is 29.1. The van der Waals surface area contributed by atoms with E-state index in [9.17, 15) is 9.59 Å². The van der Waals surface area contributed by atoms with Gasteiger partial charge in [0.25, 0.3) is 0 Å². The van der Waals surface area contributed by atoms with E-state index in [1.165, 1.54) is 32.1 Å². The summed E-state index contributed by atoms with van der Waals surface area (Å²) in [5, 5.41) is 0. The number of rotatable bonds is 5. The molecule has 0 aromatic heterocycles. The molecule has 6 rings (SSSR count). The lowest BCUT2D eigenvalue weighted by Gasteiger charge is -2.72. The van der Waals surface area contributed by atoms with Crippen LogP contribution in [-0.2, 0) is 14.3 Å². The molecular weight excluding hydrogens is 532 g/mol. The first kappa shape index (κ1) is 31.8. The minimum atomic E-state index is -0.221. The maximum atomic E-state index is 14.6. The van der Waals surface area contributed by atoms with Crippen LogP contribution in [0.5, 0.6) is 0 Å². The number of fused-ring (bicyclic) bond motifs is 7. The summed E-state index contributed by atoms with van der Waals surface area (Å²) < 4.78 is 5.96. The first-order valence-electron chi connectivity index (χ1n) is 17.9. The molecule has 8 atom stereocenters. The molecule has 1 heterocycles. The summed E-state index contributed by atoms with van der Waals surface area (Å²) in [5.41, 5.74) is 3.80. The number of ether oxygens (including phenoxy) is 1. The Bertz CT molecular complexity index is 1170. The van der Waals surface area contributed by atoms with Gasteiger partial charge in [0.1, 0.15) is 6.10 Å². The summed E-state index contributed by atoms with van der Waals surface area (Å²) in [6.07, 6.45) is 11.6. The van der Waals surface area contributed by atoms with Crippen LogP contribution in [0.4, 0.5) is 0 Å². The Hall–Kier alpha value is -1.20. The summed E-state index contributed by atoms with van der Waals surface area (Å²) in [6.45, 7) is 23.9. The first-order valence-corrected chi connectivity index (χ1v) is 17.9. The highest BCUT2D eigenvalue weighted by Gasteiger charge is 2.70. The van der Waals surface area contributed by atoms with Gasteiger partial charge in [-0.2, -0.15) is 0 Å². The maximum Gasteiger partial charge on any atom is 0.302 e. The van der Waals surface area contributed by atoms with Crippen LogP contribution in [0.2, 0.25) is 0 Å². The predicted octanol–water partition coefficient (Wildman–Crippen LogP) is 7.54. The van der Waals surface area contributed by atoms with Gasteiger partial charge in [-0.15, -0.1) is 0 Å². The van der Waals surface area contributed by atoms with Crippen LogP contribution in [0.3, 0.4) is 0 Å². The van der Waals surface area contributed by atoms with E-state index in [-0.39, 0.29) is 39.1 Å². The number of piperazine rings is 1. The Kier molecular flexibility index (Phi) is 7.89. The normalized spacial score (nSPS) is 44.8. The Balaban J connectivity index is 1.33. The Morgan fingerprint density at radius 2 is 1.53 bits per heavy atom. The number of carbonyl (C=O) groups is 2. The zero-order valence-electron chi connectivity index (χ0n) is 29.1. The maximum absolute atomic E-state index is 14.6. The molecule has 5 nitrogen and oxygen atoms in total. The van der Waals surface area contributed by atoms with E-state index in [0.717, 1.165) is 58.3 Å². The van der Waals surface area contributed by atoms with Crippen molar-refractivity contribution in [3.8, 4) is 0 Å². The second-order valence-corrected chi connectivity index (χ2v) is 17.8. The van der Waals surface area contributed by atoms with Crippen LogP contribution < -0.4 is 0 Å². The standard InChI is InChI=1S/C38H62N2O3/c1-25(2)27-12-17-38(31(42)24-40-22-20-39(9)21-23-40)19-18-36(7)28(33(27)38)10-11-30-35(6)15-14-32(43-26(3)41)34(4,5)29(35)13-16-37(30,36)8/h25,28-30,32H,10-24H2,1-9H3/t28-,29?,30-,32+,35+,36-,37-,38-/m1/s1. The molecule has 5 heteroatoms. The molecule has 4 saturated carbocycles. The molecule has 5 aliphatic carbocycles. The largest absolute Gasteiger partial charge is 0.462 e. The van der Waals surface area contributed by atoms with Gasteiger partial charge in [-0.1, -0.05) is 59.6 Å². The van der Waals surface area contributed by atoms with Gasteiger partial charge in [0.15, 0.2) is 5.78 Å². The lowest BCUT2D eigenvalue weighted by Crippen LogP contribution is -2.66. The molecule has 6 aliphatic rings. The van der Waals surface area contributed by atoms with E-state index < -0.39 is 0 Å². The van der Waals surface area contributed by atoms with Gasteiger partial charge in [0.2, 0.25) is 0 Å². The summed E-state index contributed by atoms with van der Waals surface area (Å²) in [5.74, 6) is 2.71.